The minimum Gasteiger partial charge on any atom is -0.469 e. The molecule has 0 radical (unpaired) electrons. The Labute approximate surface area is 61.9 Å². The Hall–Kier alpha value is -0.790. The largest absolute Gasteiger partial charge is 0.469 e. The Kier molecular flexibility index (Phi) is 3.77. The molecule has 58 valence electrons. The summed E-state index contributed by atoms with van der Waals surface area (Å²) in [4.78, 5) is 10.8. The van der Waals surface area contributed by atoms with E-state index < -0.39 is 0 Å². The van der Waals surface area contributed by atoms with Crippen molar-refractivity contribution < 1.29 is 9.53 Å². The number of carbonyl (C=O) groups is 1. The van der Waals surface area contributed by atoms with Gasteiger partial charge < -0.3 is 4.74 Å². The third-order valence-electron chi connectivity index (χ3n) is 1.69. The summed E-state index contributed by atoms with van der Waals surface area (Å²) in [5.41, 5.74) is 1.05. The van der Waals surface area contributed by atoms with Gasteiger partial charge >= 0.3 is 5.97 Å². The number of carbonyl (C=O) groups excluding carboxylic acids is 1. The maximum Gasteiger partial charge on any atom is 0.312 e. The van der Waals surface area contributed by atoms with Crippen LogP contribution in [0.1, 0.15) is 20.8 Å². The van der Waals surface area contributed by atoms with Gasteiger partial charge in [0.25, 0.3) is 0 Å². The highest BCUT2D eigenvalue weighted by Crippen LogP contribution is 2.09. The van der Waals surface area contributed by atoms with Gasteiger partial charge in [0.1, 0.15) is 0 Å². The third kappa shape index (κ3) is 2.21. The Bertz CT molecular complexity index is 147. The van der Waals surface area contributed by atoms with Crippen molar-refractivity contribution in [2.75, 3.05) is 7.11 Å². The zero-order valence-electron chi connectivity index (χ0n) is 6.97. The van der Waals surface area contributed by atoms with E-state index in [2.05, 4.69) is 4.74 Å². The van der Waals surface area contributed by atoms with Crippen molar-refractivity contribution in [3.05, 3.63) is 11.6 Å². The average molecular weight is 142 g/mol. The normalized spacial score (nSPS) is 14.6. The highest BCUT2D eigenvalue weighted by atomic mass is 16.5. The van der Waals surface area contributed by atoms with Crippen LogP contribution in [0.15, 0.2) is 11.6 Å². The van der Waals surface area contributed by atoms with Gasteiger partial charge in [-0.2, -0.15) is 0 Å². The topological polar surface area (TPSA) is 26.3 Å². The van der Waals surface area contributed by atoms with Gasteiger partial charge in [-0.05, 0) is 20.8 Å². The van der Waals surface area contributed by atoms with Crippen molar-refractivity contribution in [3.63, 3.8) is 0 Å². The number of hydrogen-bond donors (Lipinski definition) is 0. The molecule has 0 bridgehead atoms. The Balaban J connectivity index is 4.08. The van der Waals surface area contributed by atoms with E-state index in [0.29, 0.717) is 0 Å². The second kappa shape index (κ2) is 4.09. The first kappa shape index (κ1) is 9.21. The van der Waals surface area contributed by atoms with Crippen LogP contribution in [0.25, 0.3) is 0 Å². The number of esters is 1. The van der Waals surface area contributed by atoms with Gasteiger partial charge in [0, 0.05) is 0 Å². The Morgan fingerprint density at radius 1 is 1.60 bits per heavy atom. The highest BCUT2D eigenvalue weighted by Gasteiger charge is 2.13. The molecule has 0 saturated carbocycles. The molecule has 0 fully saturated rings. The van der Waals surface area contributed by atoms with Crippen molar-refractivity contribution in [2.24, 2.45) is 5.92 Å². The minimum atomic E-state index is -0.171. The monoisotopic (exact) mass is 142 g/mol. The van der Waals surface area contributed by atoms with Crippen LogP contribution in [-0.2, 0) is 9.53 Å². The zero-order valence-corrected chi connectivity index (χ0v) is 6.97. The quantitative estimate of drug-likeness (QED) is 0.434. The summed E-state index contributed by atoms with van der Waals surface area (Å²) in [7, 11) is 1.40. The maximum atomic E-state index is 10.8. The molecule has 0 aliphatic rings. The van der Waals surface area contributed by atoms with Crippen molar-refractivity contribution >= 4 is 5.97 Å². The van der Waals surface area contributed by atoms with Gasteiger partial charge in [0.15, 0.2) is 0 Å². The van der Waals surface area contributed by atoms with E-state index in [4.69, 9.17) is 0 Å². The fourth-order valence-electron chi connectivity index (χ4n) is 0.613. The molecule has 0 aliphatic carbocycles. The van der Waals surface area contributed by atoms with Crippen LogP contribution in [0.3, 0.4) is 0 Å². The van der Waals surface area contributed by atoms with E-state index >= 15 is 0 Å². The average Bonchev–Trinajstić information content (AvgIpc) is 2.00. The molecule has 10 heavy (non-hydrogen) atoms. The van der Waals surface area contributed by atoms with Crippen molar-refractivity contribution in [1.29, 1.82) is 0 Å². The second-order valence-corrected chi connectivity index (χ2v) is 2.28. The number of methoxy groups -OCH3 is 1. The Morgan fingerprint density at radius 3 is 2.40 bits per heavy atom. The second-order valence-electron chi connectivity index (χ2n) is 2.28. The van der Waals surface area contributed by atoms with Crippen LogP contribution < -0.4 is 0 Å². The van der Waals surface area contributed by atoms with Crippen LogP contribution in [0.4, 0.5) is 0 Å². The fraction of sp³-hybridized carbons (Fsp3) is 0.625. The highest BCUT2D eigenvalue weighted by molar-refractivity contribution is 5.74. The lowest BCUT2D eigenvalue weighted by atomic mass is 10.0. The lowest BCUT2D eigenvalue weighted by Gasteiger charge is -2.07. The molecule has 0 heterocycles. The van der Waals surface area contributed by atoms with Crippen molar-refractivity contribution in [3.8, 4) is 0 Å². The summed E-state index contributed by atoms with van der Waals surface area (Å²) in [5.74, 6) is -0.273. The van der Waals surface area contributed by atoms with Gasteiger partial charge in [-0.25, -0.2) is 0 Å². The molecule has 0 aromatic heterocycles. The molecule has 0 aliphatic heterocycles. The first-order valence-corrected chi connectivity index (χ1v) is 3.34. The molecule has 0 amide bonds. The molecule has 0 N–H and O–H groups in total. The van der Waals surface area contributed by atoms with E-state index in [1.807, 2.05) is 26.8 Å². The smallest absolute Gasteiger partial charge is 0.312 e. The molecule has 0 spiro atoms. The van der Waals surface area contributed by atoms with E-state index in [1.54, 1.807) is 0 Å². The van der Waals surface area contributed by atoms with Gasteiger partial charge in [0.2, 0.25) is 0 Å². The first-order valence-electron chi connectivity index (χ1n) is 3.34. The third-order valence-corrected chi connectivity index (χ3v) is 1.69. The van der Waals surface area contributed by atoms with Crippen molar-refractivity contribution in [1.82, 2.24) is 0 Å². The van der Waals surface area contributed by atoms with E-state index in [-0.39, 0.29) is 11.9 Å². The summed E-state index contributed by atoms with van der Waals surface area (Å²) >= 11 is 0. The van der Waals surface area contributed by atoms with Crippen LogP contribution >= 0.6 is 0 Å². The number of allylic oxidation sites excluding steroid dienone is 1. The molecular formula is C8H14O2. The summed E-state index contributed by atoms with van der Waals surface area (Å²) in [6.45, 7) is 5.66. The first-order chi connectivity index (χ1) is 4.63. The molecule has 1 unspecified atom stereocenters. The van der Waals surface area contributed by atoms with Crippen LogP contribution in [-0.4, -0.2) is 13.1 Å². The van der Waals surface area contributed by atoms with Gasteiger partial charge in [-0.1, -0.05) is 11.6 Å². The predicted molar refractivity (Wildman–Crippen MR) is 40.6 cm³/mol. The minimum absolute atomic E-state index is 0.102. The van der Waals surface area contributed by atoms with E-state index in [0.717, 1.165) is 5.57 Å². The van der Waals surface area contributed by atoms with Gasteiger partial charge in [-0.3, -0.25) is 4.79 Å². The zero-order chi connectivity index (χ0) is 8.15. The molecule has 1 atom stereocenters. The summed E-state index contributed by atoms with van der Waals surface area (Å²) in [6.07, 6.45) is 1.92. The molecule has 2 nitrogen and oxygen atoms in total. The predicted octanol–water partition coefficient (Wildman–Crippen LogP) is 1.76. The van der Waals surface area contributed by atoms with E-state index in [9.17, 15) is 4.79 Å². The number of rotatable bonds is 2. The van der Waals surface area contributed by atoms with Crippen LogP contribution in [0, 0.1) is 5.92 Å². The van der Waals surface area contributed by atoms with Gasteiger partial charge in [-0.15, -0.1) is 0 Å². The maximum absolute atomic E-state index is 10.8. The fourth-order valence-corrected chi connectivity index (χ4v) is 0.613. The number of hydrogen-bond acceptors (Lipinski definition) is 2. The standard InChI is InChI=1S/C8H14O2/c1-5-6(2)7(3)8(9)10-4/h5,7H,1-4H3. The molecule has 0 saturated heterocycles. The summed E-state index contributed by atoms with van der Waals surface area (Å²) < 4.78 is 4.56. The molecule has 0 rings (SSSR count). The number of ether oxygens (including phenoxy) is 1. The molecule has 2 heteroatoms. The lowest BCUT2D eigenvalue weighted by Crippen LogP contribution is -2.13. The van der Waals surface area contributed by atoms with E-state index in [1.165, 1.54) is 7.11 Å². The lowest BCUT2D eigenvalue weighted by molar-refractivity contribution is -0.143. The van der Waals surface area contributed by atoms with Crippen molar-refractivity contribution in [2.45, 2.75) is 20.8 Å². The molecule has 0 aromatic carbocycles. The molecular weight excluding hydrogens is 128 g/mol. The Morgan fingerprint density at radius 2 is 2.10 bits per heavy atom. The van der Waals surface area contributed by atoms with Gasteiger partial charge in [0.05, 0.1) is 13.0 Å². The molecule has 0 aromatic rings. The van der Waals surface area contributed by atoms with Crippen LogP contribution in [0.5, 0.6) is 0 Å². The SMILES string of the molecule is CC=C(C)C(C)C(=O)OC. The summed E-state index contributed by atoms with van der Waals surface area (Å²) in [5, 5.41) is 0. The summed E-state index contributed by atoms with van der Waals surface area (Å²) in [6, 6.07) is 0. The van der Waals surface area contributed by atoms with Crippen LogP contribution in [0.2, 0.25) is 0 Å².